The lowest BCUT2D eigenvalue weighted by atomic mass is 9.89. The third kappa shape index (κ3) is 2.84. The van der Waals surface area contributed by atoms with Crippen molar-refractivity contribution in [1.82, 2.24) is 0 Å². The van der Waals surface area contributed by atoms with Gasteiger partial charge in [-0.2, -0.15) is 0 Å². The molecular weight excluding hydrogens is 220 g/mol. The average Bonchev–Trinajstić information content (AvgIpc) is 2.72. The minimum Gasteiger partial charge on any atom is -0.465 e. The van der Waals surface area contributed by atoms with Gasteiger partial charge in [0.1, 0.15) is 6.79 Å². The number of cyclic esters (lactones) is 1. The largest absolute Gasteiger partial charge is 0.465 e. The molecule has 0 unspecified atom stereocenters. The van der Waals surface area contributed by atoms with Gasteiger partial charge in [0.05, 0.1) is 19.1 Å². The van der Waals surface area contributed by atoms with Crippen LogP contribution in [0.4, 0.5) is 0 Å². The SMILES string of the molecule is COCOC[C@H]1COC(=O)[C@H]1c1ccccc1. The molecule has 1 aliphatic heterocycles. The van der Waals surface area contributed by atoms with Crippen LogP contribution in [0, 0.1) is 5.92 Å². The van der Waals surface area contributed by atoms with Crippen molar-refractivity contribution in [2.45, 2.75) is 5.92 Å². The first-order valence-electron chi connectivity index (χ1n) is 5.61. The summed E-state index contributed by atoms with van der Waals surface area (Å²) in [5.74, 6) is -0.310. The van der Waals surface area contributed by atoms with Gasteiger partial charge in [-0.05, 0) is 5.56 Å². The summed E-state index contributed by atoms with van der Waals surface area (Å²) in [6.45, 7) is 1.13. The van der Waals surface area contributed by atoms with E-state index in [4.69, 9.17) is 14.2 Å². The second kappa shape index (κ2) is 5.80. The molecule has 1 saturated heterocycles. The third-order valence-electron chi connectivity index (χ3n) is 2.86. The molecular formula is C13H16O4. The molecule has 0 aromatic heterocycles. The highest BCUT2D eigenvalue weighted by Crippen LogP contribution is 2.32. The van der Waals surface area contributed by atoms with Crippen molar-refractivity contribution < 1.29 is 19.0 Å². The minimum absolute atomic E-state index is 0.0695. The monoisotopic (exact) mass is 236 g/mol. The molecule has 4 heteroatoms. The maximum Gasteiger partial charge on any atom is 0.313 e. The fourth-order valence-corrected chi connectivity index (χ4v) is 2.06. The van der Waals surface area contributed by atoms with Crippen molar-refractivity contribution >= 4 is 5.97 Å². The molecule has 1 aromatic rings. The summed E-state index contributed by atoms with van der Waals surface area (Å²) in [6, 6.07) is 9.67. The highest BCUT2D eigenvalue weighted by atomic mass is 16.7. The Bertz CT molecular complexity index is 363. The highest BCUT2D eigenvalue weighted by Gasteiger charge is 2.37. The van der Waals surface area contributed by atoms with E-state index in [1.54, 1.807) is 7.11 Å². The maximum absolute atomic E-state index is 11.7. The van der Waals surface area contributed by atoms with Crippen LogP contribution in [0.15, 0.2) is 30.3 Å². The molecule has 4 nitrogen and oxygen atoms in total. The highest BCUT2D eigenvalue weighted by molar-refractivity contribution is 5.80. The number of carbonyl (C=O) groups is 1. The summed E-state index contributed by atoms with van der Waals surface area (Å²) in [5.41, 5.74) is 0.987. The number of rotatable bonds is 5. The Kier molecular flexibility index (Phi) is 4.12. The van der Waals surface area contributed by atoms with Crippen LogP contribution in [0.1, 0.15) is 11.5 Å². The van der Waals surface area contributed by atoms with Gasteiger partial charge in [-0.25, -0.2) is 0 Å². The standard InChI is InChI=1S/C13H16O4/c1-15-9-16-7-11-8-17-13(14)12(11)10-5-3-2-4-6-10/h2-6,11-12H,7-9H2,1H3/t11-,12-/m0/s1. The summed E-state index contributed by atoms with van der Waals surface area (Å²) in [6.07, 6.45) is 0. The van der Waals surface area contributed by atoms with E-state index in [1.165, 1.54) is 0 Å². The molecule has 0 radical (unpaired) electrons. The van der Waals surface area contributed by atoms with E-state index in [2.05, 4.69) is 0 Å². The molecule has 2 rings (SSSR count). The zero-order chi connectivity index (χ0) is 12.1. The molecule has 0 amide bonds. The molecule has 1 aliphatic rings. The van der Waals surface area contributed by atoms with Gasteiger partial charge in [0.15, 0.2) is 0 Å². The molecule has 1 aromatic carbocycles. The van der Waals surface area contributed by atoms with Crippen molar-refractivity contribution in [1.29, 1.82) is 0 Å². The lowest BCUT2D eigenvalue weighted by Gasteiger charge is -2.15. The van der Waals surface area contributed by atoms with Crippen molar-refractivity contribution in [2.24, 2.45) is 5.92 Å². The predicted octanol–water partition coefficient (Wildman–Crippen LogP) is 1.56. The summed E-state index contributed by atoms with van der Waals surface area (Å²) in [7, 11) is 1.57. The van der Waals surface area contributed by atoms with Crippen LogP contribution >= 0.6 is 0 Å². The lowest BCUT2D eigenvalue weighted by molar-refractivity contribution is -0.139. The first kappa shape index (κ1) is 12.1. The fourth-order valence-electron chi connectivity index (χ4n) is 2.06. The van der Waals surface area contributed by atoms with Gasteiger partial charge < -0.3 is 14.2 Å². The number of hydrogen-bond acceptors (Lipinski definition) is 4. The number of esters is 1. The fraction of sp³-hybridized carbons (Fsp3) is 0.462. The van der Waals surface area contributed by atoms with Crippen molar-refractivity contribution in [3.63, 3.8) is 0 Å². The Balaban J connectivity index is 2.04. The van der Waals surface area contributed by atoms with Crippen LogP contribution in [0.5, 0.6) is 0 Å². The molecule has 0 N–H and O–H groups in total. The Labute approximate surface area is 100 Å². The van der Waals surface area contributed by atoms with Crippen molar-refractivity contribution in [3.05, 3.63) is 35.9 Å². The zero-order valence-electron chi connectivity index (χ0n) is 9.80. The molecule has 2 atom stereocenters. The molecule has 1 fully saturated rings. The summed E-state index contributed by atoms with van der Waals surface area (Å²) < 4.78 is 15.2. The summed E-state index contributed by atoms with van der Waals surface area (Å²) >= 11 is 0. The van der Waals surface area contributed by atoms with Gasteiger partial charge in [-0.1, -0.05) is 30.3 Å². The molecule has 17 heavy (non-hydrogen) atoms. The molecule has 92 valence electrons. The van der Waals surface area contributed by atoms with Crippen LogP contribution in [-0.2, 0) is 19.0 Å². The van der Waals surface area contributed by atoms with E-state index >= 15 is 0 Å². The van der Waals surface area contributed by atoms with Crippen LogP contribution in [0.2, 0.25) is 0 Å². The van der Waals surface area contributed by atoms with Gasteiger partial charge in [0.2, 0.25) is 0 Å². The number of hydrogen-bond donors (Lipinski definition) is 0. The second-order valence-corrected chi connectivity index (χ2v) is 4.06. The van der Waals surface area contributed by atoms with E-state index in [0.717, 1.165) is 5.56 Å². The second-order valence-electron chi connectivity index (χ2n) is 4.06. The van der Waals surface area contributed by atoms with Crippen LogP contribution in [0.25, 0.3) is 0 Å². The van der Waals surface area contributed by atoms with E-state index in [-0.39, 0.29) is 24.6 Å². The van der Waals surface area contributed by atoms with Crippen LogP contribution < -0.4 is 0 Å². The van der Waals surface area contributed by atoms with E-state index in [1.807, 2.05) is 30.3 Å². The maximum atomic E-state index is 11.7. The topological polar surface area (TPSA) is 44.8 Å². The van der Waals surface area contributed by atoms with Gasteiger partial charge in [0.25, 0.3) is 0 Å². The number of methoxy groups -OCH3 is 1. The summed E-state index contributed by atoms with van der Waals surface area (Å²) in [4.78, 5) is 11.7. The Hall–Kier alpha value is -1.39. The lowest BCUT2D eigenvalue weighted by Crippen LogP contribution is -2.19. The summed E-state index contributed by atoms with van der Waals surface area (Å²) in [5, 5.41) is 0. The van der Waals surface area contributed by atoms with E-state index < -0.39 is 0 Å². The normalized spacial score (nSPS) is 23.7. The first-order chi connectivity index (χ1) is 8.33. The molecule has 0 saturated carbocycles. The quantitative estimate of drug-likeness (QED) is 0.442. The van der Waals surface area contributed by atoms with E-state index in [9.17, 15) is 4.79 Å². The zero-order valence-corrected chi connectivity index (χ0v) is 9.80. The molecule has 0 aliphatic carbocycles. The molecule has 1 heterocycles. The predicted molar refractivity (Wildman–Crippen MR) is 61.5 cm³/mol. The van der Waals surface area contributed by atoms with Crippen LogP contribution in [0.3, 0.4) is 0 Å². The van der Waals surface area contributed by atoms with Crippen molar-refractivity contribution in [3.8, 4) is 0 Å². The van der Waals surface area contributed by atoms with Crippen LogP contribution in [-0.4, -0.2) is 33.1 Å². The van der Waals surface area contributed by atoms with E-state index in [0.29, 0.717) is 13.2 Å². The van der Waals surface area contributed by atoms with Gasteiger partial charge >= 0.3 is 5.97 Å². The van der Waals surface area contributed by atoms with Gasteiger partial charge in [0, 0.05) is 13.0 Å². The molecule has 0 spiro atoms. The average molecular weight is 236 g/mol. The minimum atomic E-state index is -0.215. The number of benzene rings is 1. The Morgan fingerprint density at radius 3 is 2.82 bits per heavy atom. The third-order valence-corrected chi connectivity index (χ3v) is 2.86. The number of carbonyl (C=O) groups excluding carboxylic acids is 1. The van der Waals surface area contributed by atoms with Crippen molar-refractivity contribution in [2.75, 3.05) is 27.1 Å². The number of ether oxygens (including phenoxy) is 3. The first-order valence-corrected chi connectivity index (χ1v) is 5.61. The Morgan fingerprint density at radius 1 is 1.35 bits per heavy atom. The van der Waals surface area contributed by atoms with Gasteiger partial charge in [-0.15, -0.1) is 0 Å². The molecule has 0 bridgehead atoms. The Morgan fingerprint density at radius 2 is 2.12 bits per heavy atom. The van der Waals surface area contributed by atoms with Gasteiger partial charge in [-0.3, -0.25) is 4.79 Å². The smallest absolute Gasteiger partial charge is 0.313 e.